The second-order valence-corrected chi connectivity index (χ2v) is 3.71. The largest absolute Gasteiger partial charge is 0.493 e. The molecule has 0 unspecified atom stereocenters. The molecule has 0 atom stereocenters. The zero-order chi connectivity index (χ0) is 10.6. The number of methoxy groups -OCH3 is 2. The molecule has 0 aromatic heterocycles. The Labute approximate surface area is 104 Å². The van der Waals surface area contributed by atoms with E-state index in [1.807, 2.05) is 12.1 Å². The molecule has 0 saturated carbocycles. The molecule has 1 aromatic rings. The lowest BCUT2D eigenvalue weighted by atomic mass is 10.1. The smallest absolute Gasteiger partial charge is 0.174 e. The van der Waals surface area contributed by atoms with Crippen molar-refractivity contribution < 1.29 is 9.47 Å². The Hall–Kier alpha value is -0.450. The van der Waals surface area contributed by atoms with Gasteiger partial charge >= 0.3 is 0 Å². The van der Waals surface area contributed by atoms with Crippen molar-refractivity contribution >= 4 is 28.3 Å². The molecule has 0 aliphatic heterocycles. The van der Waals surface area contributed by atoms with E-state index in [4.69, 9.17) is 15.2 Å². The summed E-state index contributed by atoms with van der Waals surface area (Å²) >= 11 is 3.42. The highest BCUT2D eigenvalue weighted by Gasteiger charge is 2.09. The zero-order valence-corrected chi connectivity index (χ0v) is 11.2. The fourth-order valence-electron chi connectivity index (χ4n) is 1.28. The van der Waals surface area contributed by atoms with Crippen LogP contribution in [-0.4, -0.2) is 20.8 Å². The fourth-order valence-corrected chi connectivity index (χ4v) is 1.93. The first-order valence-corrected chi connectivity index (χ1v) is 5.12. The van der Waals surface area contributed by atoms with Crippen LogP contribution in [0.1, 0.15) is 5.56 Å². The summed E-state index contributed by atoms with van der Waals surface area (Å²) in [6.45, 7) is 0.627. The van der Waals surface area contributed by atoms with Crippen LogP contribution >= 0.6 is 28.3 Å². The van der Waals surface area contributed by atoms with Crippen molar-refractivity contribution in [3.8, 4) is 11.5 Å². The maximum Gasteiger partial charge on any atom is 0.174 e. The first kappa shape index (κ1) is 14.5. The lowest BCUT2D eigenvalue weighted by Crippen LogP contribution is -2.03. The molecule has 0 radical (unpaired) electrons. The van der Waals surface area contributed by atoms with Crippen LogP contribution in [0.2, 0.25) is 0 Å². The van der Waals surface area contributed by atoms with Gasteiger partial charge in [-0.15, -0.1) is 12.4 Å². The van der Waals surface area contributed by atoms with E-state index in [0.717, 1.165) is 22.2 Å². The number of benzene rings is 1. The third-order valence-electron chi connectivity index (χ3n) is 1.93. The molecule has 0 saturated heterocycles. The molecule has 86 valence electrons. The Morgan fingerprint density at radius 2 is 1.93 bits per heavy atom. The lowest BCUT2D eigenvalue weighted by Gasteiger charge is -2.11. The van der Waals surface area contributed by atoms with Crippen LogP contribution in [0.25, 0.3) is 0 Å². The second-order valence-electron chi connectivity index (χ2n) is 2.85. The summed E-state index contributed by atoms with van der Waals surface area (Å²) in [5.74, 6) is 1.44. The Balaban J connectivity index is 0.00000196. The van der Waals surface area contributed by atoms with Crippen molar-refractivity contribution in [2.45, 2.75) is 6.42 Å². The van der Waals surface area contributed by atoms with Crippen LogP contribution in [0.4, 0.5) is 0 Å². The summed E-state index contributed by atoms with van der Waals surface area (Å²) in [7, 11) is 3.24. The number of hydrogen-bond acceptors (Lipinski definition) is 3. The number of rotatable bonds is 4. The van der Waals surface area contributed by atoms with Gasteiger partial charge in [0, 0.05) is 0 Å². The van der Waals surface area contributed by atoms with Crippen molar-refractivity contribution in [2.24, 2.45) is 5.73 Å². The number of ether oxygens (including phenoxy) is 2. The van der Waals surface area contributed by atoms with Gasteiger partial charge in [0.1, 0.15) is 0 Å². The van der Waals surface area contributed by atoms with Gasteiger partial charge in [-0.05, 0) is 46.6 Å². The van der Waals surface area contributed by atoms with E-state index in [2.05, 4.69) is 15.9 Å². The van der Waals surface area contributed by atoms with E-state index in [9.17, 15) is 0 Å². The molecule has 0 fully saturated rings. The normalized spacial score (nSPS) is 9.33. The predicted molar refractivity (Wildman–Crippen MR) is 67.3 cm³/mol. The molecular formula is C10H15BrClNO2. The summed E-state index contributed by atoms with van der Waals surface area (Å²) in [5, 5.41) is 0. The molecular weight excluding hydrogens is 281 g/mol. The maximum absolute atomic E-state index is 5.49. The molecule has 5 heteroatoms. The monoisotopic (exact) mass is 295 g/mol. The molecule has 0 aliphatic carbocycles. The topological polar surface area (TPSA) is 44.5 Å². The van der Waals surface area contributed by atoms with E-state index in [1.54, 1.807) is 14.2 Å². The lowest BCUT2D eigenvalue weighted by molar-refractivity contribution is 0.352. The van der Waals surface area contributed by atoms with Crippen LogP contribution in [0, 0.1) is 0 Å². The summed E-state index contributed by atoms with van der Waals surface area (Å²) in [6.07, 6.45) is 0.832. The molecule has 0 amide bonds. The Morgan fingerprint density at radius 1 is 1.27 bits per heavy atom. The molecule has 0 spiro atoms. The van der Waals surface area contributed by atoms with E-state index < -0.39 is 0 Å². The SMILES string of the molecule is COc1cc(CCN)cc(Br)c1OC.Cl. The molecule has 2 N–H and O–H groups in total. The Morgan fingerprint density at radius 3 is 2.40 bits per heavy atom. The molecule has 0 bridgehead atoms. The van der Waals surface area contributed by atoms with Crippen molar-refractivity contribution in [1.29, 1.82) is 0 Å². The highest BCUT2D eigenvalue weighted by atomic mass is 79.9. The average molecular weight is 297 g/mol. The van der Waals surface area contributed by atoms with E-state index in [-0.39, 0.29) is 12.4 Å². The van der Waals surface area contributed by atoms with Gasteiger partial charge < -0.3 is 15.2 Å². The number of nitrogens with two attached hydrogens (primary N) is 1. The molecule has 0 aliphatic rings. The minimum Gasteiger partial charge on any atom is -0.493 e. The molecule has 1 aromatic carbocycles. The highest BCUT2D eigenvalue weighted by Crippen LogP contribution is 2.36. The predicted octanol–water partition coefficient (Wildman–Crippen LogP) is 2.39. The second kappa shape index (κ2) is 6.93. The summed E-state index contributed by atoms with van der Waals surface area (Å²) in [5.41, 5.74) is 6.62. The summed E-state index contributed by atoms with van der Waals surface area (Å²) in [6, 6.07) is 3.94. The first-order chi connectivity index (χ1) is 6.72. The molecule has 1 rings (SSSR count). The minimum atomic E-state index is 0. The van der Waals surface area contributed by atoms with Gasteiger partial charge in [0.25, 0.3) is 0 Å². The van der Waals surface area contributed by atoms with Gasteiger partial charge in [0.15, 0.2) is 11.5 Å². The first-order valence-electron chi connectivity index (χ1n) is 4.33. The van der Waals surface area contributed by atoms with Crippen molar-refractivity contribution in [2.75, 3.05) is 20.8 Å². The van der Waals surface area contributed by atoms with Gasteiger partial charge in [-0.25, -0.2) is 0 Å². The summed E-state index contributed by atoms with van der Waals surface area (Å²) < 4.78 is 11.3. The molecule has 0 heterocycles. The van der Waals surface area contributed by atoms with Crippen molar-refractivity contribution in [3.63, 3.8) is 0 Å². The molecule has 15 heavy (non-hydrogen) atoms. The third-order valence-corrected chi connectivity index (χ3v) is 2.52. The van der Waals surface area contributed by atoms with Crippen LogP contribution in [0.15, 0.2) is 16.6 Å². The Kier molecular flexibility index (Phi) is 6.72. The standard InChI is InChI=1S/C10H14BrNO2.ClH/c1-13-9-6-7(3-4-12)5-8(11)10(9)14-2;/h5-6H,3-4,12H2,1-2H3;1H. The minimum absolute atomic E-state index is 0. The van der Waals surface area contributed by atoms with E-state index in [1.165, 1.54) is 0 Å². The Bertz CT molecular complexity index is 321. The van der Waals surface area contributed by atoms with E-state index in [0.29, 0.717) is 12.3 Å². The average Bonchev–Trinajstić information content (AvgIpc) is 2.17. The molecule has 3 nitrogen and oxygen atoms in total. The maximum atomic E-state index is 5.49. The van der Waals surface area contributed by atoms with Crippen LogP contribution in [0.3, 0.4) is 0 Å². The van der Waals surface area contributed by atoms with Gasteiger partial charge in [0.2, 0.25) is 0 Å². The van der Waals surface area contributed by atoms with Gasteiger partial charge in [-0.3, -0.25) is 0 Å². The van der Waals surface area contributed by atoms with Crippen molar-refractivity contribution in [3.05, 3.63) is 22.2 Å². The van der Waals surface area contributed by atoms with Gasteiger partial charge in [-0.2, -0.15) is 0 Å². The highest BCUT2D eigenvalue weighted by molar-refractivity contribution is 9.10. The van der Waals surface area contributed by atoms with E-state index >= 15 is 0 Å². The van der Waals surface area contributed by atoms with Gasteiger partial charge in [-0.1, -0.05) is 0 Å². The summed E-state index contributed by atoms with van der Waals surface area (Å²) in [4.78, 5) is 0. The van der Waals surface area contributed by atoms with Gasteiger partial charge in [0.05, 0.1) is 18.7 Å². The third kappa shape index (κ3) is 3.55. The quantitative estimate of drug-likeness (QED) is 0.928. The zero-order valence-electron chi connectivity index (χ0n) is 8.75. The van der Waals surface area contributed by atoms with Crippen LogP contribution < -0.4 is 15.2 Å². The van der Waals surface area contributed by atoms with Crippen LogP contribution in [-0.2, 0) is 6.42 Å². The fraction of sp³-hybridized carbons (Fsp3) is 0.400. The number of hydrogen-bond donors (Lipinski definition) is 1. The van der Waals surface area contributed by atoms with Crippen LogP contribution in [0.5, 0.6) is 11.5 Å². The number of halogens is 2. The van der Waals surface area contributed by atoms with Crippen molar-refractivity contribution in [1.82, 2.24) is 0 Å².